The molecule has 0 saturated heterocycles. The Balaban J connectivity index is 1.70. The van der Waals surface area contributed by atoms with Crippen molar-refractivity contribution in [3.05, 3.63) is 34.4 Å². The largest absolute Gasteiger partial charge is 0.352 e. The maximum atomic E-state index is 13.2. The van der Waals surface area contributed by atoms with Crippen molar-refractivity contribution < 1.29 is 9.18 Å². The van der Waals surface area contributed by atoms with Crippen molar-refractivity contribution >= 4 is 28.6 Å². The molecule has 1 aliphatic rings. The lowest BCUT2D eigenvalue weighted by Gasteiger charge is -2.24. The van der Waals surface area contributed by atoms with Gasteiger partial charge in [-0.2, -0.15) is 0 Å². The first-order valence-electron chi connectivity index (χ1n) is 8.19. The molecule has 1 heterocycles. The molecular formula is C17H20FN3O2S. The molecule has 0 radical (unpaired) electrons. The molecule has 0 aliphatic heterocycles. The average molecular weight is 349 g/mol. The predicted molar refractivity (Wildman–Crippen MR) is 92.7 cm³/mol. The highest BCUT2D eigenvalue weighted by Crippen LogP contribution is 2.22. The van der Waals surface area contributed by atoms with Crippen molar-refractivity contribution in [2.45, 2.75) is 55.5 Å². The summed E-state index contributed by atoms with van der Waals surface area (Å²) in [5.41, 5.74) is 0.0180. The van der Waals surface area contributed by atoms with E-state index in [1.54, 1.807) is 6.92 Å². The van der Waals surface area contributed by atoms with Gasteiger partial charge in [0.25, 0.3) is 5.56 Å². The molecule has 128 valence electrons. The van der Waals surface area contributed by atoms with Crippen LogP contribution in [0, 0.1) is 5.82 Å². The number of nitrogens with zero attached hydrogens (tertiary/aromatic N) is 1. The zero-order valence-corrected chi connectivity index (χ0v) is 14.3. The third-order valence-corrected chi connectivity index (χ3v) is 5.24. The number of carbonyl (C=O) groups excluding carboxylic acids is 1. The van der Waals surface area contributed by atoms with Gasteiger partial charge in [0, 0.05) is 6.04 Å². The van der Waals surface area contributed by atoms with Crippen LogP contribution >= 0.6 is 11.8 Å². The topological polar surface area (TPSA) is 74.8 Å². The van der Waals surface area contributed by atoms with Gasteiger partial charge in [-0.05, 0) is 38.0 Å². The van der Waals surface area contributed by atoms with Gasteiger partial charge in [-0.25, -0.2) is 9.37 Å². The molecule has 3 rings (SSSR count). The quantitative estimate of drug-likeness (QED) is 0.657. The molecule has 0 unspecified atom stereocenters. The highest BCUT2D eigenvalue weighted by atomic mass is 32.2. The Hall–Kier alpha value is -1.89. The van der Waals surface area contributed by atoms with Gasteiger partial charge >= 0.3 is 0 Å². The minimum atomic E-state index is -0.476. The molecule has 0 bridgehead atoms. The molecule has 7 heteroatoms. The lowest BCUT2D eigenvalue weighted by Crippen LogP contribution is -2.40. The summed E-state index contributed by atoms with van der Waals surface area (Å²) in [6, 6.07) is 4.15. The summed E-state index contributed by atoms with van der Waals surface area (Å²) in [6.07, 6.45) is 5.60. The Kier molecular flexibility index (Phi) is 5.18. The van der Waals surface area contributed by atoms with Crippen molar-refractivity contribution in [1.82, 2.24) is 15.3 Å². The first kappa shape index (κ1) is 17.0. The molecule has 2 aromatic rings. The molecule has 1 aromatic heterocycles. The number of hydrogen-bond donors (Lipinski definition) is 2. The number of thioether (sulfide) groups is 1. The summed E-state index contributed by atoms with van der Waals surface area (Å²) in [7, 11) is 0. The molecule has 5 nitrogen and oxygen atoms in total. The number of hydrogen-bond acceptors (Lipinski definition) is 4. The van der Waals surface area contributed by atoms with E-state index in [1.165, 1.54) is 30.3 Å². The molecular weight excluding hydrogens is 329 g/mol. The number of halogens is 1. The van der Waals surface area contributed by atoms with E-state index in [9.17, 15) is 14.0 Å². The normalized spacial score (nSPS) is 16.9. The zero-order valence-electron chi connectivity index (χ0n) is 13.5. The second kappa shape index (κ2) is 7.34. The summed E-state index contributed by atoms with van der Waals surface area (Å²) in [5, 5.41) is 3.27. The number of amides is 1. The van der Waals surface area contributed by atoms with Crippen LogP contribution in [0.15, 0.2) is 28.2 Å². The number of H-pyrrole nitrogens is 1. The Morgan fingerprint density at radius 2 is 2.12 bits per heavy atom. The molecule has 1 fully saturated rings. The standard InChI is InChI=1S/C17H20FN3O2S/c1-10(15(22)19-12-5-3-2-4-6-12)24-17-20-14-8-7-11(18)9-13(14)16(23)21-17/h7-10,12H,2-6H2,1H3,(H,19,22)(H,20,21,23)/t10-/m1/s1. The highest BCUT2D eigenvalue weighted by molar-refractivity contribution is 8.00. The summed E-state index contributed by atoms with van der Waals surface area (Å²) in [4.78, 5) is 31.3. The Morgan fingerprint density at radius 3 is 2.88 bits per heavy atom. The third kappa shape index (κ3) is 3.95. The van der Waals surface area contributed by atoms with Crippen molar-refractivity contribution in [2.24, 2.45) is 0 Å². The number of nitrogens with one attached hydrogen (secondary N) is 2. The summed E-state index contributed by atoms with van der Waals surface area (Å²) < 4.78 is 13.2. The van der Waals surface area contributed by atoms with E-state index in [-0.39, 0.29) is 22.6 Å². The lowest BCUT2D eigenvalue weighted by molar-refractivity contribution is -0.121. The number of benzene rings is 1. The molecule has 1 amide bonds. The van der Waals surface area contributed by atoms with Crippen molar-refractivity contribution in [3.8, 4) is 0 Å². The number of rotatable bonds is 4. The van der Waals surface area contributed by atoms with Crippen LogP contribution in [0.5, 0.6) is 0 Å². The van der Waals surface area contributed by atoms with Gasteiger partial charge in [-0.3, -0.25) is 9.59 Å². The number of carbonyl (C=O) groups is 1. The Morgan fingerprint density at radius 1 is 1.38 bits per heavy atom. The molecule has 0 spiro atoms. The van der Waals surface area contributed by atoms with Crippen LogP contribution in [-0.2, 0) is 4.79 Å². The molecule has 1 aliphatic carbocycles. The fraction of sp³-hybridized carbons (Fsp3) is 0.471. The summed E-state index contributed by atoms with van der Waals surface area (Å²) in [5.74, 6) is -0.524. The van der Waals surface area contributed by atoms with Crippen LogP contribution in [0.1, 0.15) is 39.0 Å². The van der Waals surface area contributed by atoms with Crippen LogP contribution in [0.25, 0.3) is 10.9 Å². The van der Waals surface area contributed by atoms with Crippen LogP contribution in [0.4, 0.5) is 4.39 Å². The second-order valence-corrected chi connectivity index (χ2v) is 7.47. The number of fused-ring (bicyclic) bond motifs is 1. The van der Waals surface area contributed by atoms with Crippen LogP contribution in [-0.4, -0.2) is 27.2 Å². The Bertz CT molecular complexity index is 802. The minimum absolute atomic E-state index is 0.0475. The molecule has 1 aromatic carbocycles. The second-order valence-electron chi connectivity index (χ2n) is 6.14. The molecule has 24 heavy (non-hydrogen) atoms. The average Bonchev–Trinajstić information content (AvgIpc) is 2.56. The SMILES string of the molecule is C[C@@H](Sc1nc2ccc(F)cc2c(=O)[nH]1)C(=O)NC1CCCCC1. The van der Waals surface area contributed by atoms with Gasteiger partial charge in [0.05, 0.1) is 16.2 Å². The lowest BCUT2D eigenvalue weighted by atomic mass is 9.95. The van der Waals surface area contributed by atoms with E-state index < -0.39 is 11.4 Å². The molecule has 2 N–H and O–H groups in total. The zero-order chi connectivity index (χ0) is 17.1. The third-order valence-electron chi connectivity index (χ3n) is 4.25. The first-order valence-corrected chi connectivity index (χ1v) is 9.07. The van der Waals surface area contributed by atoms with Crippen LogP contribution < -0.4 is 10.9 Å². The van der Waals surface area contributed by atoms with Gasteiger partial charge in [0.2, 0.25) is 5.91 Å². The van der Waals surface area contributed by atoms with Gasteiger partial charge in [-0.1, -0.05) is 31.0 Å². The summed E-state index contributed by atoms with van der Waals surface area (Å²) >= 11 is 1.20. The van der Waals surface area contributed by atoms with Gasteiger partial charge in [0.15, 0.2) is 5.16 Å². The predicted octanol–water partition coefficient (Wildman–Crippen LogP) is 2.99. The van der Waals surface area contributed by atoms with E-state index in [0.29, 0.717) is 10.7 Å². The first-order chi connectivity index (χ1) is 11.5. The van der Waals surface area contributed by atoms with Crippen molar-refractivity contribution in [1.29, 1.82) is 0 Å². The van der Waals surface area contributed by atoms with E-state index in [4.69, 9.17) is 0 Å². The van der Waals surface area contributed by atoms with E-state index >= 15 is 0 Å². The fourth-order valence-electron chi connectivity index (χ4n) is 2.93. The monoisotopic (exact) mass is 349 g/mol. The summed E-state index contributed by atoms with van der Waals surface area (Å²) in [6.45, 7) is 1.79. The van der Waals surface area contributed by atoms with E-state index in [0.717, 1.165) is 31.7 Å². The van der Waals surface area contributed by atoms with Gasteiger partial charge < -0.3 is 10.3 Å². The minimum Gasteiger partial charge on any atom is -0.352 e. The van der Waals surface area contributed by atoms with Gasteiger partial charge in [0.1, 0.15) is 5.82 Å². The molecule has 1 atom stereocenters. The fourth-order valence-corrected chi connectivity index (χ4v) is 3.74. The van der Waals surface area contributed by atoms with E-state index in [2.05, 4.69) is 15.3 Å². The van der Waals surface area contributed by atoms with Crippen molar-refractivity contribution in [2.75, 3.05) is 0 Å². The maximum absolute atomic E-state index is 13.2. The molecule has 1 saturated carbocycles. The highest BCUT2D eigenvalue weighted by Gasteiger charge is 2.21. The van der Waals surface area contributed by atoms with Gasteiger partial charge in [-0.15, -0.1) is 0 Å². The smallest absolute Gasteiger partial charge is 0.259 e. The van der Waals surface area contributed by atoms with Crippen molar-refractivity contribution in [3.63, 3.8) is 0 Å². The van der Waals surface area contributed by atoms with Crippen LogP contribution in [0.2, 0.25) is 0 Å². The maximum Gasteiger partial charge on any atom is 0.259 e. The van der Waals surface area contributed by atoms with E-state index in [1.807, 2.05) is 0 Å². The number of aromatic amines is 1. The number of aromatic nitrogens is 2. The Labute approximate surface area is 143 Å². The van der Waals surface area contributed by atoms with Crippen LogP contribution in [0.3, 0.4) is 0 Å².